The summed E-state index contributed by atoms with van der Waals surface area (Å²) < 4.78 is 9.87. The quantitative estimate of drug-likeness (QED) is 0.770. The topological polar surface area (TPSA) is 81.4 Å². The zero-order chi connectivity index (χ0) is 15.1. The fourth-order valence-electron chi connectivity index (χ4n) is 1.56. The molecule has 0 saturated heterocycles. The first-order valence-corrected chi connectivity index (χ1v) is 7.56. The van der Waals surface area contributed by atoms with Crippen molar-refractivity contribution in [3.63, 3.8) is 0 Å². The number of ether oxygens (including phenoxy) is 1. The molecule has 0 radical (unpaired) electrons. The van der Waals surface area contributed by atoms with Crippen LogP contribution in [0.4, 0.5) is 0 Å². The minimum atomic E-state index is -0.623. The Kier molecular flexibility index (Phi) is 6.57. The summed E-state index contributed by atoms with van der Waals surface area (Å²) >= 11 is 1.45. The van der Waals surface area contributed by atoms with Crippen molar-refractivity contribution in [1.82, 2.24) is 10.5 Å². The second-order valence-electron chi connectivity index (χ2n) is 4.34. The molecule has 1 heterocycles. The number of aromatic nitrogens is 1. The molecule has 112 valence electrons. The fraction of sp³-hybridized carbons (Fsp3) is 0.615. The minimum absolute atomic E-state index is 0.192. The molecule has 6 nitrogen and oxygen atoms in total. The van der Waals surface area contributed by atoms with Gasteiger partial charge in [0.1, 0.15) is 11.8 Å². The SMILES string of the molecule is CCOC(=O)C(C)NC(=O)CSCc1c(C)noc1C. The summed E-state index contributed by atoms with van der Waals surface area (Å²) in [5.41, 5.74) is 1.86. The molecule has 0 spiro atoms. The Morgan fingerprint density at radius 1 is 1.45 bits per heavy atom. The number of hydrogen-bond acceptors (Lipinski definition) is 6. The molecule has 1 amide bonds. The van der Waals surface area contributed by atoms with E-state index in [1.165, 1.54) is 11.8 Å². The van der Waals surface area contributed by atoms with Gasteiger partial charge in [0.25, 0.3) is 0 Å². The third kappa shape index (κ3) is 4.88. The average Bonchev–Trinajstić information content (AvgIpc) is 2.70. The van der Waals surface area contributed by atoms with Crippen molar-refractivity contribution < 1.29 is 18.8 Å². The lowest BCUT2D eigenvalue weighted by molar-refractivity contribution is -0.146. The molecule has 1 unspecified atom stereocenters. The van der Waals surface area contributed by atoms with Gasteiger partial charge in [0.2, 0.25) is 5.91 Å². The first-order chi connectivity index (χ1) is 9.45. The van der Waals surface area contributed by atoms with Gasteiger partial charge in [0.05, 0.1) is 18.1 Å². The van der Waals surface area contributed by atoms with Gasteiger partial charge in [0.15, 0.2) is 0 Å². The smallest absolute Gasteiger partial charge is 0.328 e. The van der Waals surface area contributed by atoms with Crippen LogP contribution in [-0.4, -0.2) is 35.4 Å². The summed E-state index contributed by atoms with van der Waals surface area (Å²) in [7, 11) is 0. The van der Waals surface area contributed by atoms with Gasteiger partial charge >= 0.3 is 5.97 Å². The van der Waals surface area contributed by atoms with Crippen molar-refractivity contribution in [3.05, 3.63) is 17.0 Å². The zero-order valence-electron chi connectivity index (χ0n) is 12.2. The maximum atomic E-state index is 11.7. The molecule has 1 atom stereocenters. The second-order valence-corrected chi connectivity index (χ2v) is 5.32. The number of carbonyl (C=O) groups is 2. The molecule has 0 aliphatic carbocycles. The van der Waals surface area contributed by atoms with Crippen LogP contribution in [0.1, 0.15) is 30.9 Å². The lowest BCUT2D eigenvalue weighted by atomic mass is 10.2. The summed E-state index contributed by atoms with van der Waals surface area (Å²) in [5.74, 6) is 1.09. The van der Waals surface area contributed by atoms with Crippen LogP contribution in [0.5, 0.6) is 0 Å². The molecule has 0 saturated carbocycles. The van der Waals surface area contributed by atoms with E-state index in [1.54, 1.807) is 13.8 Å². The monoisotopic (exact) mass is 300 g/mol. The molecule has 1 aromatic rings. The molecule has 1 rings (SSSR count). The normalized spacial score (nSPS) is 12.0. The minimum Gasteiger partial charge on any atom is -0.464 e. The molecular formula is C13H20N2O4S. The molecule has 0 aromatic carbocycles. The highest BCUT2D eigenvalue weighted by molar-refractivity contribution is 7.99. The molecule has 20 heavy (non-hydrogen) atoms. The van der Waals surface area contributed by atoms with Crippen molar-refractivity contribution >= 4 is 23.6 Å². The Morgan fingerprint density at radius 2 is 2.15 bits per heavy atom. The maximum absolute atomic E-state index is 11.7. The van der Waals surface area contributed by atoms with Crippen LogP contribution in [0.15, 0.2) is 4.52 Å². The van der Waals surface area contributed by atoms with Gasteiger partial charge < -0.3 is 14.6 Å². The van der Waals surface area contributed by atoms with Gasteiger partial charge in [-0.25, -0.2) is 4.79 Å². The number of nitrogens with zero attached hydrogens (tertiary/aromatic N) is 1. The molecule has 0 bridgehead atoms. The third-order valence-corrected chi connectivity index (χ3v) is 3.64. The van der Waals surface area contributed by atoms with E-state index in [1.807, 2.05) is 13.8 Å². The van der Waals surface area contributed by atoms with Crippen molar-refractivity contribution in [1.29, 1.82) is 0 Å². The van der Waals surface area contributed by atoms with Crippen molar-refractivity contribution in [2.75, 3.05) is 12.4 Å². The van der Waals surface area contributed by atoms with Gasteiger partial charge in [-0.3, -0.25) is 4.79 Å². The first kappa shape index (κ1) is 16.6. The Bertz CT molecular complexity index is 453. The summed E-state index contributed by atoms with van der Waals surface area (Å²) in [6.07, 6.45) is 0. The number of carbonyl (C=O) groups excluding carboxylic acids is 2. The summed E-state index contributed by atoms with van der Waals surface area (Å²) in [5, 5.41) is 6.46. The standard InChI is InChI=1S/C13H20N2O4S/c1-5-18-13(17)9(3)14-12(16)7-20-6-11-8(2)15-19-10(11)4/h9H,5-7H2,1-4H3,(H,14,16). The van der Waals surface area contributed by atoms with Crippen LogP contribution in [0.2, 0.25) is 0 Å². The van der Waals surface area contributed by atoms with E-state index in [2.05, 4.69) is 10.5 Å². The van der Waals surface area contributed by atoms with Gasteiger partial charge in [0, 0.05) is 11.3 Å². The molecule has 1 aromatic heterocycles. The number of amides is 1. The van der Waals surface area contributed by atoms with E-state index >= 15 is 0 Å². The van der Waals surface area contributed by atoms with Crippen molar-refractivity contribution in [2.24, 2.45) is 0 Å². The second kappa shape index (κ2) is 7.94. The van der Waals surface area contributed by atoms with Crippen LogP contribution < -0.4 is 5.32 Å². The van der Waals surface area contributed by atoms with E-state index in [9.17, 15) is 9.59 Å². The summed E-state index contributed by atoms with van der Waals surface area (Å²) in [4.78, 5) is 23.0. The summed E-state index contributed by atoms with van der Waals surface area (Å²) in [6.45, 7) is 7.36. The Labute approximate surface area is 122 Å². The van der Waals surface area contributed by atoms with Crippen LogP contribution in [0.3, 0.4) is 0 Å². The third-order valence-electron chi connectivity index (χ3n) is 2.68. The highest BCUT2D eigenvalue weighted by atomic mass is 32.2. The van der Waals surface area contributed by atoms with Gasteiger partial charge in [-0.2, -0.15) is 0 Å². The summed E-state index contributed by atoms with van der Waals surface area (Å²) in [6, 6.07) is -0.623. The predicted molar refractivity (Wildman–Crippen MR) is 76.4 cm³/mol. The highest BCUT2D eigenvalue weighted by Gasteiger charge is 2.16. The lowest BCUT2D eigenvalue weighted by Gasteiger charge is -2.12. The van der Waals surface area contributed by atoms with Crippen LogP contribution in [0.25, 0.3) is 0 Å². The molecule has 7 heteroatoms. The van der Waals surface area contributed by atoms with Crippen LogP contribution in [0, 0.1) is 13.8 Å². The van der Waals surface area contributed by atoms with Gasteiger partial charge in [-0.15, -0.1) is 11.8 Å². The molecule has 0 fully saturated rings. The van der Waals surface area contributed by atoms with Crippen molar-refractivity contribution in [2.45, 2.75) is 39.5 Å². The molecule has 0 aliphatic rings. The van der Waals surface area contributed by atoms with Crippen LogP contribution in [-0.2, 0) is 20.1 Å². The highest BCUT2D eigenvalue weighted by Crippen LogP contribution is 2.19. The number of aryl methyl sites for hydroxylation is 2. The number of esters is 1. The Morgan fingerprint density at radius 3 is 2.70 bits per heavy atom. The largest absolute Gasteiger partial charge is 0.464 e. The van der Waals surface area contributed by atoms with Crippen LogP contribution >= 0.6 is 11.8 Å². The predicted octanol–water partition coefficient (Wildman–Crippen LogP) is 1.59. The Hall–Kier alpha value is -1.50. The zero-order valence-corrected chi connectivity index (χ0v) is 13.0. The van der Waals surface area contributed by atoms with E-state index in [0.29, 0.717) is 12.4 Å². The van der Waals surface area contributed by atoms with E-state index in [-0.39, 0.29) is 11.7 Å². The number of nitrogens with one attached hydrogen (secondary N) is 1. The first-order valence-electron chi connectivity index (χ1n) is 6.41. The Balaban J connectivity index is 2.32. The van der Waals surface area contributed by atoms with E-state index in [0.717, 1.165) is 17.0 Å². The fourth-order valence-corrected chi connectivity index (χ4v) is 2.55. The van der Waals surface area contributed by atoms with Crippen molar-refractivity contribution in [3.8, 4) is 0 Å². The van der Waals surface area contributed by atoms with E-state index < -0.39 is 12.0 Å². The number of rotatable bonds is 7. The lowest BCUT2D eigenvalue weighted by Crippen LogP contribution is -2.40. The molecule has 0 aliphatic heterocycles. The van der Waals surface area contributed by atoms with Gasteiger partial charge in [-0.05, 0) is 27.7 Å². The molecule has 1 N–H and O–H groups in total. The van der Waals surface area contributed by atoms with Gasteiger partial charge in [-0.1, -0.05) is 5.16 Å². The number of hydrogen-bond donors (Lipinski definition) is 1. The molecular weight excluding hydrogens is 280 g/mol. The number of thioether (sulfide) groups is 1. The van der Waals surface area contributed by atoms with E-state index in [4.69, 9.17) is 9.26 Å². The average molecular weight is 300 g/mol. The maximum Gasteiger partial charge on any atom is 0.328 e.